The summed E-state index contributed by atoms with van der Waals surface area (Å²) in [5.41, 5.74) is 1.35. The molecule has 2 nitrogen and oxygen atoms in total. The number of hydrogen-bond acceptors (Lipinski definition) is 2. The lowest BCUT2D eigenvalue weighted by Crippen LogP contribution is -2.12. The van der Waals surface area contributed by atoms with Crippen molar-refractivity contribution in [3.8, 4) is 0 Å². The van der Waals surface area contributed by atoms with Crippen LogP contribution in [0.4, 0.5) is 0 Å². The van der Waals surface area contributed by atoms with E-state index < -0.39 is 0 Å². The van der Waals surface area contributed by atoms with Gasteiger partial charge in [0.1, 0.15) is 0 Å². The first-order valence-electron chi connectivity index (χ1n) is 5.60. The molecule has 0 radical (unpaired) electrons. The van der Waals surface area contributed by atoms with Crippen LogP contribution in [0.2, 0.25) is 0 Å². The van der Waals surface area contributed by atoms with Gasteiger partial charge in [0.2, 0.25) is 0 Å². The molecule has 0 N–H and O–H groups in total. The van der Waals surface area contributed by atoms with E-state index in [1.807, 2.05) is 6.92 Å². The third kappa shape index (κ3) is 1.58. The Morgan fingerprint density at radius 3 is 2.93 bits per heavy atom. The van der Waals surface area contributed by atoms with Crippen molar-refractivity contribution < 1.29 is 9.53 Å². The second kappa shape index (κ2) is 3.76. The Balaban J connectivity index is 2.07. The number of hydrogen-bond donors (Lipinski definition) is 0. The minimum absolute atomic E-state index is 0.151. The van der Waals surface area contributed by atoms with Gasteiger partial charge in [-0.05, 0) is 43.9 Å². The predicted octanol–water partition coefficient (Wildman–Crippen LogP) is 2.54. The molecular formula is C12H18O2. The first kappa shape index (κ1) is 9.75. The summed E-state index contributed by atoms with van der Waals surface area (Å²) in [5.74, 6) is 1.97. The van der Waals surface area contributed by atoms with Gasteiger partial charge in [0.15, 0.2) is 0 Å². The van der Waals surface area contributed by atoms with Crippen molar-refractivity contribution >= 4 is 5.97 Å². The quantitative estimate of drug-likeness (QED) is 0.499. The van der Waals surface area contributed by atoms with E-state index >= 15 is 0 Å². The van der Waals surface area contributed by atoms with E-state index in [2.05, 4.69) is 6.92 Å². The van der Waals surface area contributed by atoms with Gasteiger partial charge < -0.3 is 4.74 Å². The molecule has 0 heterocycles. The molecule has 2 fully saturated rings. The van der Waals surface area contributed by atoms with E-state index in [0.29, 0.717) is 18.4 Å². The standard InChI is InChI=1S/C12H18O2/c1-3-14-12(13)7-11-8(2)9-4-5-10(11)6-9/h7-10H,3-6H2,1-2H3/b11-7-. The molecule has 2 bridgehead atoms. The highest BCUT2D eigenvalue weighted by molar-refractivity contribution is 5.83. The smallest absolute Gasteiger partial charge is 0.330 e. The van der Waals surface area contributed by atoms with Crippen molar-refractivity contribution in [1.82, 2.24) is 0 Å². The van der Waals surface area contributed by atoms with Crippen LogP contribution in [0.25, 0.3) is 0 Å². The zero-order valence-corrected chi connectivity index (χ0v) is 8.95. The maximum Gasteiger partial charge on any atom is 0.330 e. The summed E-state index contributed by atoms with van der Waals surface area (Å²) in [5, 5.41) is 0. The third-order valence-corrected chi connectivity index (χ3v) is 3.75. The first-order valence-corrected chi connectivity index (χ1v) is 5.60. The fourth-order valence-electron chi connectivity index (χ4n) is 2.99. The van der Waals surface area contributed by atoms with Crippen LogP contribution in [0.3, 0.4) is 0 Å². The maximum absolute atomic E-state index is 11.3. The highest BCUT2D eigenvalue weighted by Gasteiger charge is 2.41. The van der Waals surface area contributed by atoms with Gasteiger partial charge in [-0.2, -0.15) is 0 Å². The van der Waals surface area contributed by atoms with Crippen molar-refractivity contribution in [3.63, 3.8) is 0 Å². The van der Waals surface area contributed by atoms with Gasteiger partial charge in [0.25, 0.3) is 0 Å². The van der Waals surface area contributed by atoms with Crippen molar-refractivity contribution in [2.24, 2.45) is 17.8 Å². The van der Waals surface area contributed by atoms with E-state index in [4.69, 9.17) is 4.74 Å². The molecule has 0 aromatic heterocycles. The molecule has 3 atom stereocenters. The molecular weight excluding hydrogens is 176 g/mol. The van der Waals surface area contributed by atoms with Crippen LogP contribution in [-0.2, 0) is 9.53 Å². The van der Waals surface area contributed by atoms with Gasteiger partial charge >= 0.3 is 5.97 Å². The Hall–Kier alpha value is -0.790. The van der Waals surface area contributed by atoms with E-state index in [0.717, 1.165) is 5.92 Å². The Labute approximate surface area is 85.3 Å². The maximum atomic E-state index is 11.3. The summed E-state index contributed by atoms with van der Waals surface area (Å²) in [7, 11) is 0. The molecule has 2 saturated carbocycles. The Bertz CT molecular complexity index is 263. The summed E-state index contributed by atoms with van der Waals surface area (Å²) in [6.07, 6.45) is 5.68. The highest BCUT2D eigenvalue weighted by atomic mass is 16.5. The molecule has 0 spiro atoms. The largest absolute Gasteiger partial charge is 0.463 e. The number of carbonyl (C=O) groups is 1. The molecule has 0 saturated heterocycles. The fourth-order valence-corrected chi connectivity index (χ4v) is 2.99. The van der Waals surface area contributed by atoms with Crippen LogP contribution in [-0.4, -0.2) is 12.6 Å². The van der Waals surface area contributed by atoms with E-state index in [1.54, 1.807) is 6.08 Å². The average Bonchev–Trinajstić information content (AvgIpc) is 2.70. The Morgan fingerprint density at radius 1 is 1.57 bits per heavy atom. The summed E-state index contributed by atoms with van der Waals surface area (Å²) in [6, 6.07) is 0. The molecule has 2 aliphatic carbocycles. The lowest BCUT2D eigenvalue weighted by molar-refractivity contribution is -0.137. The first-order chi connectivity index (χ1) is 6.72. The lowest BCUT2D eigenvalue weighted by atomic mass is 9.85. The lowest BCUT2D eigenvalue weighted by Gasteiger charge is -2.20. The summed E-state index contributed by atoms with van der Waals surface area (Å²) in [4.78, 5) is 11.3. The number of ether oxygens (including phenoxy) is 1. The molecule has 78 valence electrons. The Morgan fingerprint density at radius 2 is 2.36 bits per heavy atom. The highest BCUT2D eigenvalue weighted by Crippen LogP contribution is 2.51. The van der Waals surface area contributed by atoms with Gasteiger partial charge in [-0.15, -0.1) is 0 Å². The molecule has 0 aromatic carbocycles. The second-order valence-corrected chi connectivity index (χ2v) is 4.46. The third-order valence-electron chi connectivity index (χ3n) is 3.75. The summed E-state index contributed by atoms with van der Waals surface area (Å²) in [6.45, 7) is 4.57. The molecule has 0 aromatic rings. The van der Waals surface area contributed by atoms with Crippen molar-refractivity contribution in [1.29, 1.82) is 0 Å². The Kier molecular flexibility index (Phi) is 2.62. The van der Waals surface area contributed by atoms with Gasteiger partial charge in [-0.25, -0.2) is 4.79 Å². The molecule has 0 amide bonds. The van der Waals surface area contributed by atoms with Crippen molar-refractivity contribution in [2.75, 3.05) is 6.61 Å². The molecule has 2 heteroatoms. The molecule has 3 unspecified atom stereocenters. The minimum atomic E-state index is -0.151. The second-order valence-electron chi connectivity index (χ2n) is 4.46. The number of rotatable bonds is 2. The van der Waals surface area contributed by atoms with E-state index in [9.17, 15) is 4.79 Å². The van der Waals surface area contributed by atoms with Crippen LogP contribution >= 0.6 is 0 Å². The fraction of sp³-hybridized carbons (Fsp3) is 0.750. The zero-order chi connectivity index (χ0) is 10.1. The minimum Gasteiger partial charge on any atom is -0.463 e. The van der Waals surface area contributed by atoms with E-state index in [1.165, 1.54) is 24.8 Å². The normalized spacial score (nSPS) is 37.9. The molecule has 0 aliphatic heterocycles. The zero-order valence-electron chi connectivity index (χ0n) is 8.95. The summed E-state index contributed by atoms with van der Waals surface area (Å²) >= 11 is 0. The van der Waals surface area contributed by atoms with Crippen LogP contribution in [0.1, 0.15) is 33.1 Å². The van der Waals surface area contributed by atoms with Gasteiger partial charge in [0.05, 0.1) is 6.61 Å². The number of fused-ring (bicyclic) bond motifs is 2. The van der Waals surface area contributed by atoms with Crippen LogP contribution in [0.15, 0.2) is 11.6 Å². The summed E-state index contributed by atoms with van der Waals surface area (Å²) < 4.78 is 4.94. The average molecular weight is 194 g/mol. The molecule has 2 aliphatic rings. The predicted molar refractivity (Wildman–Crippen MR) is 54.7 cm³/mol. The molecule has 2 rings (SSSR count). The monoisotopic (exact) mass is 194 g/mol. The topological polar surface area (TPSA) is 26.3 Å². The number of carbonyl (C=O) groups excluding carboxylic acids is 1. The van der Waals surface area contributed by atoms with E-state index in [-0.39, 0.29) is 5.97 Å². The van der Waals surface area contributed by atoms with Crippen molar-refractivity contribution in [3.05, 3.63) is 11.6 Å². The van der Waals surface area contributed by atoms with Crippen LogP contribution in [0, 0.1) is 17.8 Å². The SMILES string of the molecule is CCOC(=O)/C=C1\C2CCC(C2)C1C. The van der Waals surface area contributed by atoms with Gasteiger partial charge in [-0.1, -0.05) is 12.5 Å². The van der Waals surface area contributed by atoms with Crippen LogP contribution < -0.4 is 0 Å². The number of allylic oxidation sites excluding steroid dienone is 1. The number of esters is 1. The van der Waals surface area contributed by atoms with Crippen LogP contribution in [0.5, 0.6) is 0 Å². The molecule has 14 heavy (non-hydrogen) atoms. The van der Waals surface area contributed by atoms with Gasteiger partial charge in [-0.3, -0.25) is 0 Å². The van der Waals surface area contributed by atoms with Crippen molar-refractivity contribution in [2.45, 2.75) is 33.1 Å². The van der Waals surface area contributed by atoms with Gasteiger partial charge in [0, 0.05) is 6.08 Å².